The molecule has 1 atom stereocenters. The third-order valence-corrected chi connectivity index (χ3v) is 3.80. The lowest BCUT2D eigenvalue weighted by molar-refractivity contribution is 0.0764. The second-order valence-electron chi connectivity index (χ2n) is 5.95. The Balaban J connectivity index is 1.58. The van der Waals surface area contributed by atoms with E-state index in [4.69, 9.17) is 4.74 Å². The second-order valence-corrected chi connectivity index (χ2v) is 5.95. The van der Waals surface area contributed by atoms with Crippen molar-refractivity contribution in [2.45, 2.75) is 19.4 Å². The number of carbonyl (C=O) groups excluding carboxylic acids is 1. The summed E-state index contributed by atoms with van der Waals surface area (Å²) in [6.45, 7) is 2.97. The van der Waals surface area contributed by atoms with Crippen LogP contribution in [0.1, 0.15) is 22.6 Å². The third-order valence-electron chi connectivity index (χ3n) is 3.80. The molecule has 8 nitrogen and oxygen atoms in total. The lowest BCUT2D eigenvalue weighted by Crippen LogP contribution is -2.31. The van der Waals surface area contributed by atoms with Crippen molar-refractivity contribution in [1.29, 1.82) is 0 Å². The minimum atomic E-state index is -0.123. The third kappa shape index (κ3) is 3.58. The van der Waals surface area contributed by atoms with Gasteiger partial charge in [-0.1, -0.05) is 0 Å². The van der Waals surface area contributed by atoms with Gasteiger partial charge in [0.2, 0.25) is 5.88 Å². The molecule has 1 amide bonds. The molecule has 8 heteroatoms. The Morgan fingerprint density at radius 2 is 2.08 bits per heavy atom. The molecule has 0 radical (unpaired) electrons. The van der Waals surface area contributed by atoms with Crippen LogP contribution in [0.4, 0.5) is 5.82 Å². The second kappa shape index (κ2) is 6.77. The van der Waals surface area contributed by atoms with Crippen LogP contribution in [-0.4, -0.2) is 64.3 Å². The van der Waals surface area contributed by atoms with Crippen LogP contribution in [0.5, 0.6) is 5.88 Å². The van der Waals surface area contributed by atoms with Crippen LogP contribution in [0.2, 0.25) is 0 Å². The number of aromatic nitrogens is 4. The molecule has 2 aromatic rings. The molecule has 3 rings (SSSR count). The largest absolute Gasteiger partial charge is 0.471 e. The first-order valence-electron chi connectivity index (χ1n) is 7.78. The molecule has 1 saturated heterocycles. The summed E-state index contributed by atoms with van der Waals surface area (Å²) in [6, 6.07) is 3.64. The van der Waals surface area contributed by atoms with Crippen molar-refractivity contribution in [2.75, 3.05) is 32.1 Å². The van der Waals surface area contributed by atoms with Gasteiger partial charge in [0.25, 0.3) is 5.91 Å². The molecule has 126 valence electrons. The summed E-state index contributed by atoms with van der Waals surface area (Å²) in [6.07, 6.45) is 3.77. The van der Waals surface area contributed by atoms with E-state index in [2.05, 4.69) is 20.2 Å². The van der Waals surface area contributed by atoms with Crippen LogP contribution in [-0.2, 0) is 0 Å². The predicted molar refractivity (Wildman–Crippen MR) is 88.1 cm³/mol. The Labute approximate surface area is 140 Å². The minimum Gasteiger partial charge on any atom is -0.471 e. The number of nitrogens with zero attached hydrogens (tertiary/aromatic N) is 6. The topological polar surface area (TPSA) is 84.3 Å². The van der Waals surface area contributed by atoms with Crippen molar-refractivity contribution in [3.63, 3.8) is 0 Å². The summed E-state index contributed by atoms with van der Waals surface area (Å²) < 4.78 is 5.82. The molecular weight excluding hydrogens is 308 g/mol. The Kier molecular flexibility index (Phi) is 4.54. The van der Waals surface area contributed by atoms with E-state index in [1.807, 2.05) is 32.0 Å². The number of amides is 1. The number of hydrogen-bond donors (Lipinski definition) is 0. The van der Waals surface area contributed by atoms with Gasteiger partial charge in [-0.25, -0.2) is 4.98 Å². The van der Waals surface area contributed by atoms with Crippen molar-refractivity contribution in [2.24, 2.45) is 0 Å². The Morgan fingerprint density at radius 3 is 2.71 bits per heavy atom. The molecule has 1 aliphatic heterocycles. The smallest absolute Gasteiger partial charge is 0.274 e. The van der Waals surface area contributed by atoms with E-state index < -0.39 is 0 Å². The zero-order chi connectivity index (χ0) is 17.1. The van der Waals surface area contributed by atoms with Crippen molar-refractivity contribution >= 4 is 11.7 Å². The molecule has 0 saturated carbocycles. The Hall–Kier alpha value is -2.77. The summed E-state index contributed by atoms with van der Waals surface area (Å²) in [5.41, 5.74) is 1.14. The molecule has 3 heterocycles. The quantitative estimate of drug-likeness (QED) is 0.825. The van der Waals surface area contributed by atoms with E-state index in [0.717, 1.165) is 17.9 Å². The number of anilines is 1. The fraction of sp³-hybridized carbons (Fsp3) is 0.438. The van der Waals surface area contributed by atoms with Gasteiger partial charge in [-0.15, -0.1) is 10.2 Å². The molecule has 1 fully saturated rings. The van der Waals surface area contributed by atoms with Gasteiger partial charge >= 0.3 is 0 Å². The number of hydrogen-bond acceptors (Lipinski definition) is 7. The van der Waals surface area contributed by atoms with E-state index in [0.29, 0.717) is 24.7 Å². The number of carbonyl (C=O) groups is 1. The monoisotopic (exact) mass is 328 g/mol. The van der Waals surface area contributed by atoms with Crippen LogP contribution in [0.25, 0.3) is 0 Å². The molecular formula is C16H20N6O2. The standard InChI is InChI=1S/C16H20N6O2/c1-11-8-18-13(9-17-11)16(23)22-7-6-12(10-22)24-15-5-4-14(19-20-15)21(2)3/h4-5,8-9,12H,6-7,10H2,1-3H3/t12-/m1/s1. The average Bonchev–Trinajstić information content (AvgIpc) is 3.04. The first-order valence-corrected chi connectivity index (χ1v) is 7.78. The summed E-state index contributed by atoms with van der Waals surface area (Å²) in [4.78, 5) is 24.3. The highest BCUT2D eigenvalue weighted by molar-refractivity contribution is 5.92. The normalized spacial score (nSPS) is 17.0. The summed E-state index contributed by atoms with van der Waals surface area (Å²) in [5, 5.41) is 8.14. The first-order chi connectivity index (χ1) is 11.5. The number of aryl methyl sites for hydroxylation is 1. The molecule has 0 aromatic carbocycles. The zero-order valence-corrected chi connectivity index (χ0v) is 14.0. The zero-order valence-electron chi connectivity index (χ0n) is 14.0. The maximum absolute atomic E-state index is 12.4. The summed E-state index contributed by atoms with van der Waals surface area (Å²) in [7, 11) is 3.80. The highest BCUT2D eigenvalue weighted by atomic mass is 16.5. The maximum Gasteiger partial charge on any atom is 0.274 e. The Morgan fingerprint density at radius 1 is 1.25 bits per heavy atom. The summed E-state index contributed by atoms with van der Waals surface area (Å²) in [5.74, 6) is 1.11. The SMILES string of the molecule is Cc1cnc(C(=O)N2CC[C@@H](Oc3ccc(N(C)C)nn3)C2)cn1. The van der Waals surface area contributed by atoms with Gasteiger partial charge in [-0.05, 0) is 13.0 Å². The van der Waals surface area contributed by atoms with E-state index in [1.54, 1.807) is 17.2 Å². The molecule has 0 N–H and O–H groups in total. The Bertz CT molecular complexity index is 702. The van der Waals surface area contributed by atoms with Gasteiger partial charge in [0, 0.05) is 39.3 Å². The van der Waals surface area contributed by atoms with E-state index in [-0.39, 0.29) is 12.0 Å². The lowest BCUT2D eigenvalue weighted by Gasteiger charge is -2.16. The molecule has 1 aliphatic rings. The van der Waals surface area contributed by atoms with Gasteiger partial charge in [0.15, 0.2) is 5.82 Å². The van der Waals surface area contributed by atoms with E-state index in [9.17, 15) is 4.79 Å². The van der Waals surface area contributed by atoms with Crippen molar-refractivity contribution in [3.05, 3.63) is 35.9 Å². The number of likely N-dealkylation sites (tertiary alicyclic amines) is 1. The molecule has 0 aliphatic carbocycles. The van der Waals surface area contributed by atoms with Crippen LogP contribution >= 0.6 is 0 Å². The maximum atomic E-state index is 12.4. The van der Waals surface area contributed by atoms with Crippen LogP contribution in [0.3, 0.4) is 0 Å². The number of ether oxygens (including phenoxy) is 1. The van der Waals surface area contributed by atoms with Gasteiger partial charge in [0.1, 0.15) is 11.8 Å². The van der Waals surface area contributed by atoms with Crippen molar-refractivity contribution in [1.82, 2.24) is 25.1 Å². The molecule has 24 heavy (non-hydrogen) atoms. The van der Waals surface area contributed by atoms with E-state index >= 15 is 0 Å². The predicted octanol–water partition coefficient (Wildman–Crippen LogP) is 0.935. The average molecular weight is 328 g/mol. The molecule has 0 spiro atoms. The van der Waals surface area contributed by atoms with Crippen LogP contribution in [0, 0.1) is 6.92 Å². The molecule has 0 unspecified atom stereocenters. The minimum absolute atomic E-state index is 0.0909. The molecule has 2 aromatic heterocycles. The van der Waals surface area contributed by atoms with Gasteiger partial charge < -0.3 is 14.5 Å². The number of rotatable bonds is 4. The highest BCUT2D eigenvalue weighted by Gasteiger charge is 2.29. The van der Waals surface area contributed by atoms with E-state index in [1.165, 1.54) is 6.20 Å². The van der Waals surface area contributed by atoms with Crippen LogP contribution in [0.15, 0.2) is 24.5 Å². The fourth-order valence-corrected chi connectivity index (χ4v) is 2.46. The van der Waals surface area contributed by atoms with Crippen molar-refractivity contribution in [3.8, 4) is 5.88 Å². The van der Waals surface area contributed by atoms with Gasteiger partial charge in [0.05, 0.1) is 18.4 Å². The summed E-state index contributed by atoms with van der Waals surface area (Å²) >= 11 is 0. The van der Waals surface area contributed by atoms with Crippen LogP contribution < -0.4 is 9.64 Å². The first kappa shape index (κ1) is 16.1. The van der Waals surface area contributed by atoms with Gasteiger partial charge in [-0.3, -0.25) is 9.78 Å². The lowest BCUT2D eigenvalue weighted by atomic mass is 10.3. The van der Waals surface area contributed by atoms with Gasteiger partial charge in [-0.2, -0.15) is 0 Å². The molecule has 0 bridgehead atoms. The highest BCUT2D eigenvalue weighted by Crippen LogP contribution is 2.18. The fourth-order valence-electron chi connectivity index (χ4n) is 2.46. The van der Waals surface area contributed by atoms with Crippen molar-refractivity contribution < 1.29 is 9.53 Å².